The van der Waals surface area contributed by atoms with Crippen molar-refractivity contribution in [3.8, 4) is 0 Å². The number of benzene rings is 2. The van der Waals surface area contributed by atoms with Crippen LogP contribution in [0.1, 0.15) is 19.4 Å². The molecular formula is C17H20N2. The first-order valence-electron chi connectivity index (χ1n) is 7.05. The summed E-state index contributed by atoms with van der Waals surface area (Å²) in [7, 11) is 0. The number of rotatable bonds is 4. The van der Waals surface area contributed by atoms with Crippen molar-refractivity contribution in [2.75, 3.05) is 6.54 Å². The second kappa shape index (κ2) is 5.06. The van der Waals surface area contributed by atoms with Gasteiger partial charge in [0.15, 0.2) is 0 Å². The molecule has 0 saturated carbocycles. The number of fused-ring (bicyclic) bond motifs is 3. The molecule has 0 aliphatic heterocycles. The van der Waals surface area contributed by atoms with Crippen molar-refractivity contribution in [3.63, 3.8) is 0 Å². The highest BCUT2D eigenvalue weighted by Crippen LogP contribution is 2.29. The minimum Gasteiger partial charge on any atom is -0.341 e. The van der Waals surface area contributed by atoms with Crippen molar-refractivity contribution in [2.45, 2.75) is 26.9 Å². The van der Waals surface area contributed by atoms with Gasteiger partial charge in [0.05, 0.1) is 0 Å². The van der Waals surface area contributed by atoms with Crippen LogP contribution in [0.15, 0.2) is 42.5 Å². The van der Waals surface area contributed by atoms with E-state index in [9.17, 15) is 0 Å². The molecule has 0 atom stereocenters. The summed E-state index contributed by atoms with van der Waals surface area (Å²) < 4.78 is 2.39. The molecule has 0 aliphatic rings. The molecule has 2 heteroatoms. The fourth-order valence-corrected chi connectivity index (χ4v) is 2.82. The number of nitrogens with zero attached hydrogens (tertiary/aromatic N) is 1. The summed E-state index contributed by atoms with van der Waals surface area (Å²) in [6, 6.07) is 15.5. The summed E-state index contributed by atoms with van der Waals surface area (Å²) in [4.78, 5) is 0. The van der Waals surface area contributed by atoms with Gasteiger partial charge in [-0.25, -0.2) is 0 Å². The number of hydrogen-bond donors (Lipinski definition) is 1. The van der Waals surface area contributed by atoms with Crippen LogP contribution < -0.4 is 5.32 Å². The number of para-hydroxylation sites is 1. The molecule has 1 N–H and O–H groups in total. The van der Waals surface area contributed by atoms with E-state index in [0.29, 0.717) is 0 Å². The molecule has 3 rings (SSSR count). The fourth-order valence-electron chi connectivity index (χ4n) is 2.82. The van der Waals surface area contributed by atoms with Crippen molar-refractivity contribution in [3.05, 3.63) is 48.0 Å². The van der Waals surface area contributed by atoms with Gasteiger partial charge in [-0.2, -0.15) is 0 Å². The molecule has 3 aromatic rings. The molecule has 0 amide bonds. The molecule has 0 fully saturated rings. The molecule has 1 heterocycles. The Morgan fingerprint density at radius 3 is 2.53 bits per heavy atom. The van der Waals surface area contributed by atoms with Gasteiger partial charge >= 0.3 is 0 Å². The van der Waals surface area contributed by atoms with E-state index >= 15 is 0 Å². The topological polar surface area (TPSA) is 17.0 Å². The predicted octanol–water partition coefficient (Wildman–Crippen LogP) is 3.92. The molecule has 2 aromatic carbocycles. The highest BCUT2D eigenvalue weighted by Gasteiger charge is 2.09. The SMILES string of the molecule is CCNCc1ccc2c(c1)c1ccccc1n2CC. The van der Waals surface area contributed by atoms with Gasteiger partial charge in [-0.15, -0.1) is 0 Å². The first kappa shape index (κ1) is 12.2. The largest absolute Gasteiger partial charge is 0.341 e. The second-order valence-electron chi connectivity index (χ2n) is 4.89. The highest BCUT2D eigenvalue weighted by atomic mass is 15.0. The van der Waals surface area contributed by atoms with Crippen LogP contribution in [0.3, 0.4) is 0 Å². The van der Waals surface area contributed by atoms with Crippen molar-refractivity contribution in [2.24, 2.45) is 0 Å². The van der Waals surface area contributed by atoms with Crippen molar-refractivity contribution in [1.29, 1.82) is 0 Å². The van der Waals surface area contributed by atoms with Crippen LogP contribution in [0, 0.1) is 0 Å². The maximum absolute atomic E-state index is 3.39. The summed E-state index contributed by atoms with van der Waals surface area (Å²) in [5.74, 6) is 0. The molecule has 0 aliphatic carbocycles. The van der Waals surface area contributed by atoms with Crippen LogP contribution in [-0.2, 0) is 13.1 Å². The molecule has 98 valence electrons. The number of nitrogens with one attached hydrogen (secondary N) is 1. The Balaban J connectivity index is 2.24. The van der Waals surface area contributed by atoms with Crippen LogP contribution in [0.5, 0.6) is 0 Å². The Hall–Kier alpha value is -1.80. The van der Waals surface area contributed by atoms with E-state index in [1.807, 2.05) is 0 Å². The van der Waals surface area contributed by atoms with Crippen LogP contribution in [-0.4, -0.2) is 11.1 Å². The van der Waals surface area contributed by atoms with Crippen LogP contribution in [0.4, 0.5) is 0 Å². The molecule has 0 bridgehead atoms. The lowest BCUT2D eigenvalue weighted by molar-refractivity contribution is 0.727. The van der Waals surface area contributed by atoms with E-state index in [0.717, 1.165) is 19.6 Å². The van der Waals surface area contributed by atoms with Crippen molar-refractivity contribution >= 4 is 21.8 Å². The van der Waals surface area contributed by atoms with E-state index in [2.05, 4.69) is 66.2 Å². The predicted molar refractivity (Wildman–Crippen MR) is 82.5 cm³/mol. The van der Waals surface area contributed by atoms with E-state index in [1.54, 1.807) is 0 Å². The van der Waals surface area contributed by atoms with Gasteiger partial charge in [-0.05, 0) is 37.2 Å². The molecule has 0 unspecified atom stereocenters. The van der Waals surface area contributed by atoms with Gasteiger partial charge in [0.2, 0.25) is 0 Å². The van der Waals surface area contributed by atoms with Crippen LogP contribution in [0.2, 0.25) is 0 Å². The third-order valence-corrected chi connectivity index (χ3v) is 3.73. The minimum absolute atomic E-state index is 0.943. The lowest BCUT2D eigenvalue weighted by Crippen LogP contribution is -2.11. The quantitative estimate of drug-likeness (QED) is 0.744. The summed E-state index contributed by atoms with van der Waals surface area (Å²) in [5, 5.41) is 6.12. The summed E-state index contributed by atoms with van der Waals surface area (Å²) in [6.45, 7) is 7.31. The Labute approximate surface area is 114 Å². The molecule has 1 aromatic heterocycles. The Morgan fingerprint density at radius 1 is 0.947 bits per heavy atom. The monoisotopic (exact) mass is 252 g/mol. The average Bonchev–Trinajstić information content (AvgIpc) is 2.78. The highest BCUT2D eigenvalue weighted by molar-refractivity contribution is 6.08. The molecule has 2 nitrogen and oxygen atoms in total. The maximum atomic E-state index is 3.39. The fraction of sp³-hybridized carbons (Fsp3) is 0.294. The van der Waals surface area contributed by atoms with Crippen LogP contribution in [0.25, 0.3) is 21.8 Å². The molecular weight excluding hydrogens is 232 g/mol. The van der Waals surface area contributed by atoms with Crippen molar-refractivity contribution in [1.82, 2.24) is 9.88 Å². The van der Waals surface area contributed by atoms with Crippen LogP contribution >= 0.6 is 0 Å². The van der Waals surface area contributed by atoms with E-state index in [4.69, 9.17) is 0 Å². The molecule has 0 saturated heterocycles. The third kappa shape index (κ3) is 2.02. The molecule has 19 heavy (non-hydrogen) atoms. The number of aryl methyl sites for hydroxylation is 1. The van der Waals surface area contributed by atoms with Gasteiger partial charge in [-0.3, -0.25) is 0 Å². The Morgan fingerprint density at radius 2 is 1.74 bits per heavy atom. The maximum Gasteiger partial charge on any atom is 0.0491 e. The lowest BCUT2D eigenvalue weighted by Gasteiger charge is -2.04. The lowest BCUT2D eigenvalue weighted by atomic mass is 10.1. The van der Waals surface area contributed by atoms with Gasteiger partial charge in [0, 0.05) is 34.9 Å². The zero-order valence-corrected chi connectivity index (χ0v) is 11.6. The third-order valence-electron chi connectivity index (χ3n) is 3.73. The van der Waals surface area contributed by atoms with E-state index in [-0.39, 0.29) is 0 Å². The van der Waals surface area contributed by atoms with E-state index in [1.165, 1.54) is 27.4 Å². The van der Waals surface area contributed by atoms with Gasteiger partial charge < -0.3 is 9.88 Å². The molecule has 0 spiro atoms. The zero-order valence-electron chi connectivity index (χ0n) is 11.6. The second-order valence-corrected chi connectivity index (χ2v) is 4.89. The van der Waals surface area contributed by atoms with Gasteiger partial charge in [-0.1, -0.05) is 31.2 Å². The first-order chi connectivity index (χ1) is 9.35. The number of hydrogen-bond acceptors (Lipinski definition) is 1. The Kier molecular flexibility index (Phi) is 3.26. The number of aromatic nitrogens is 1. The Bertz CT molecular complexity index is 710. The summed E-state index contributed by atoms with van der Waals surface area (Å²) in [6.07, 6.45) is 0. The zero-order chi connectivity index (χ0) is 13.2. The van der Waals surface area contributed by atoms with Crippen molar-refractivity contribution < 1.29 is 0 Å². The minimum atomic E-state index is 0.943. The van der Waals surface area contributed by atoms with Gasteiger partial charge in [0.1, 0.15) is 0 Å². The van der Waals surface area contributed by atoms with E-state index < -0.39 is 0 Å². The first-order valence-corrected chi connectivity index (χ1v) is 7.05. The normalized spacial score (nSPS) is 11.5. The summed E-state index contributed by atoms with van der Waals surface area (Å²) in [5.41, 5.74) is 4.03. The average molecular weight is 252 g/mol. The molecule has 0 radical (unpaired) electrons. The smallest absolute Gasteiger partial charge is 0.0491 e. The van der Waals surface area contributed by atoms with Gasteiger partial charge in [0.25, 0.3) is 0 Å². The standard InChI is InChI=1S/C17H20N2/c1-3-18-12-13-9-10-17-15(11-13)14-7-5-6-8-16(14)19(17)4-2/h5-11,18H,3-4,12H2,1-2H3. The summed E-state index contributed by atoms with van der Waals surface area (Å²) >= 11 is 0.